The lowest BCUT2D eigenvalue weighted by molar-refractivity contribution is 0.126. The van der Waals surface area contributed by atoms with Crippen molar-refractivity contribution in [3.8, 4) is 0 Å². The highest BCUT2D eigenvalue weighted by Gasteiger charge is 2.29. The van der Waals surface area contributed by atoms with E-state index in [1.807, 2.05) is 6.92 Å². The topological polar surface area (TPSA) is 78.1 Å². The molecule has 0 saturated carbocycles. The Morgan fingerprint density at radius 3 is 2.63 bits per heavy atom. The zero-order valence-electron chi connectivity index (χ0n) is 11.1. The predicted molar refractivity (Wildman–Crippen MR) is 66.5 cm³/mol. The number of nitrogens with one attached hydrogen (secondary N) is 2. The number of nitrogens with zero attached hydrogens (tertiary/aromatic N) is 2. The molecule has 0 unspecified atom stereocenters. The molecule has 6 nitrogen and oxygen atoms in total. The number of rotatable bonds is 7. The Morgan fingerprint density at radius 2 is 2.11 bits per heavy atom. The van der Waals surface area contributed by atoms with E-state index in [2.05, 4.69) is 15.5 Å². The van der Waals surface area contributed by atoms with Gasteiger partial charge in [0.05, 0.1) is 17.9 Å². The summed E-state index contributed by atoms with van der Waals surface area (Å²) in [6, 6.07) is 0. The van der Waals surface area contributed by atoms with E-state index in [0.717, 1.165) is 7.05 Å². The number of hydrogen-bond acceptors (Lipinski definition) is 4. The van der Waals surface area contributed by atoms with E-state index >= 15 is 0 Å². The number of aromatic amines is 1. The fraction of sp³-hybridized carbons (Fsp3) is 0.700. The summed E-state index contributed by atoms with van der Waals surface area (Å²) in [7, 11) is -2.83. The fourth-order valence-corrected chi connectivity index (χ4v) is 3.09. The van der Waals surface area contributed by atoms with Crippen molar-refractivity contribution < 1.29 is 17.2 Å². The van der Waals surface area contributed by atoms with Gasteiger partial charge >= 0.3 is 0 Å². The predicted octanol–water partition coefficient (Wildman–Crippen LogP) is 0.713. The second-order valence-corrected chi connectivity index (χ2v) is 6.06. The van der Waals surface area contributed by atoms with Gasteiger partial charge in [-0.25, -0.2) is 17.2 Å². The molecule has 0 atom stereocenters. The molecular weight excluding hydrogens is 278 g/mol. The first-order chi connectivity index (χ1) is 8.80. The summed E-state index contributed by atoms with van der Waals surface area (Å²) in [6.07, 6.45) is -2.72. The van der Waals surface area contributed by atoms with Crippen LogP contribution in [0.4, 0.5) is 8.78 Å². The normalized spacial score (nSPS) is 12.6. The van der Waals surface area contributed by atoms with Gasteiger partial charge in [-0.1, -0.05) is 6.92 Å². The van der Waals surface area contributed by atoms with Crippen molar-refractivity contribution in [2.75, 3.05) is 20.1 Å². The number of sulfonamides is 1. The number of aromatic nitrogens is 2. The second-order valence-electron chi connectivity index (χ2n) is 4.08. The lowest BCUT2D eigenvalue weighted by atomic mass is 10.3. The Balaban J connectivity index is 3.09. The maximum absolute atomic E-state index is 12.3. The molecule has 1 aromatic rings. The lowest BCUT2D eigenvalue weighted by Gasteiger charge is -2.17. The third-order valence-corrected chi connectivity index (χ3v) is 4.59. The Labute approximate surface area is 111 Å². The van der Waals surface area contributed by atoms with Crippen LogP contribution in [0.1, 0.15) is 18.3 Å². The summed E-state index contributed by atoms with van der Waals surface area (Å²) in [4.78, 5) is -0.0309. The monoisotopic (exact) mass is 296 g/mol. The molecule has 19 heavy (non-hydrogen) atoms. The van der Waals surface area contributed by atoms with Gasteiger partial charge in [-0.15, -0.1) is 0 Å². The van der Waals surface area contributed by atoms with Gasteiger partial charge in [0, 0.05) is 13.6 Å². The Kier molecular flexibility index (Phi) is 5.39. The SMILES string of the molecule is CCNCc1n[nH]c(C)c1S(=O)(=O)N(C)CC(F)F. The Morgan fingerprint density at radius 1 is 1.47 bits per heavy atom. The van der Waals surface area contributed by atoms with E-state index in [0.29, 0.717) is 22.2 Å². The zero-order chi connectivity index (χ0) is 14.6. The maximum Gasteiger partial charge on any atom is 0.252 e. The van der Waals surface area contributed by atoms with Crippen LogP contribution in [-0.4, -0.2) is 49.5 Å². The van der Waals surface area contributed by atoms with Crippen molar-refractivity contribution in [1.82, 2.24) is 19.8 Å². The van der Waals surface area contributed by atoms with Crippen molar-refractivity contribution in [3.63, 3.8) is 0 Å². The number of hydrogen-bond donors (Lipinski definition) is 2. The molecule has 0 aliphatic carbocycles. The first-order valence-corrected chi connectivity index (χ1v) is 7.23. The van der Waals surface area contributed by atoms with Crippen LogP contribution in [0, 0.1) is 6.92 Å². The molecule has 1 heterocycles. The van der Waals surface area contributed by atoms with E-state index < -0.39 is 23.0 Å². The molecule has 2 N–H and O–H groups in total. The number of H-pyrrole nitrogens is 1. The molecule has 1 rings (SSSR count). The molecule has 0 aromatic carbocycles. The first kappa shape index (κ1) is 16.0. The third-order valence-electron chi connectivity index (χ3n) is 2.57. The largest absolute Gasteiger partial charge is 0.311 e. The highest BCUT2D eigenvalue weighted by atomic mass is 32.2. The summed E-state index contributed by atoms with van der Waals surface area (Å²) < 4.78 is 49.8. The molecule has 0 amide bonds. The van der Waals surface area contributed by atoms with Crippen LogP contribution in [0.2, 0.25) is 0 Å². The highest BCUT2D eigenvalue weighted by Crippen LogP contribution is 2.21. The van der Waals surface area contributed by atoms with Crippen molar-refractivity contribution in [3.05, 3.63) is 11.4 Å². The van der Waals surface area contributed by atoms with E-state index in [1.165, 1.54) is 0 Å². The summed E-state index contributed by atoms with van der Waals surface area (Å²) >= 11 is 0. The molecular formula is C10H18F2N4O2S. The van der Waals surface area contributed by atoms with Crippen LogP contribution < -0.4 is 5.32 Å². The van der Waals surface area contributed by atoms with Gasteiger partial charge in [0.25, 0.3) is 6.43 Å². The Bertz CT molecular complexity index is 516. The van der Waals surface area contributed by atoms with Crippen molar-refractivity contribution in [2.24, 2.45) is 0 Å². The molecule has 110 valence electrons. The molecule has 0 aliphatic rings. The lowest BCUT2D eigenvalue weighted by Crippen LogP contribution is -2.32. The van der Waals surface area contributed by atoms with Crippen molar-refractivity contribution in [2.45, 2.75) is 31.7 Å². The molecule has 0 aliphatic heterocycles. The van der Waals surface area contributed by atoms with Crippen LogP contribution in [0.3, 0.4) is 0 Å². The summed E-state index contributed by atoms with van der Waals surface area (Å²) in [5.74, 6) is 0. The minimum Gasteiger partial charge on any atom is -0.311 e. The molecule has 0 saturated heterocycles. The number of halogens is 2. The van der Waals surface area contributed by atoms with Gasteiger partial charge in [-0.3, -0.25) is 5.10 Å². The minimum absolute atomic E-state index is 0.0309. The Hall–Kier alpha value is -1.06. The van der Waals surface area contributed by atoms with Gasteiger partial charge in [0.1, 0.15) is 4.90 Å². The van der Waals surface area contributed by atoms with E-state index in [9.17, 15) is 17.2 Å². The molecule has 9 heteroatoms. The number of aryl methyl sites for hydroxylation is 1. The quantitative estimate of drug-likeness (QED) is 0.777. The smallest absolute Gasteiger partial charge is 0.252 e. The molecule has 0 fully saturated rings. The number of alkyl halides is 2. The van der Waals surface area contributed by atoms with Crippen LogP contribution in [0.15, 0.2) is 4.90 Å². The standard InChI is InChI=1S/C10H18F2N4O2S/c1-4-13-5-8-10(7(2)14-15-8)19(17,18)16(3)6-9(11)12/h9,13H,4-6H2,1-3H3,(H,14,15). The van der Waals surface area contributed by atoms with Crippen molar-refractivity contribution in [1.29, 1.82) is 0 Å². The van der Waals surface area contributed by atoms with E-state index in [4.69, 9.17) is 0 Å². The molecule has 0 radical (unpaired) electrons. The van der Waals surface area contributed by atoms with Crippen LogP contribution in [0.5, 0.6) is 0 Å². The summed E-state index contributed by atoms with van der Waals surface area (Å²) in [5, 5.41) is 9.43. The van der Waals surface area contributed by atoms with Crippen molar-refractivity contribution >= 4 is 10.0 Å². The average molecular weight is 296 g/mol. The first-order valence-electron chi connectivity index (χ1n) is 5.79. The molecule has 1 aromatic heterocycles. The van der Waals surface area contributed by atoms with Crippen LogP contribution in [0.25, 0.3) is 0 Å². The third kappa shape index (κ3) is 3.71. The summed E-state index contributed by atoms with van der Waals surface area (Å²) in [6.45, 7) is 3.49. The van der Waals surface area contributed by atoms with Gasteiger partial charge < -0.3 is 5.32 Å². The molecule has 0 spiro atoms. The fourth-order valence-electron chi connectivity index (χ4n) is 1.62. The second kappa shape index (κ2) is 6.40. The molecule has 0 bridgehead atoms. The van der Waals surface area contributed by atoms with E-state index in [-0.39, 0.29) is 11.4 Å². The minimum atomic E-state index is -3.96. The summed E-state index contributed by atoms with van der Waals surface area (Å²) in [5.41, 5.74) is 0.648. The maximum atomic E-state index is 12.3. The highest BCUT2D eigenvalue weighted by molar-refractivity contribution is 7.89. The van der Waals surface area contributed by atoms with Gasteiger partial charge in [-0.05, 0) is 13.5 Å². The van der Waals surface area contributed by atoms with Crippen LogP contribution in [-0.2, 0) is 16.6 Å². The zero-order valence-corrected chi connectivity index (χ0v) is 11.9. The van der Waals surface area contributed by atoms with Crippen LogP contribution >= 0.6 is 0 Å². The van der Waals surface area contributed by atoms with Gasteiger partial charge in [0.2, 0.25) is 10.0 Å². The van der Waals surface area contributed by atoms with E-state index in [1.54, 1.807) is 6.92 Å². The van der Waals surface area contributed by atoms with Gasteiger partial charge in [-0.2, -0.15) is 9.40 Å². The van der Waals surface area contributed by atoms with Gasteiger partial charge in [0.15, 0.2) is 0 Å². The average Bonchev–Trinajstić information content (AvgIpc) is 2.67.